The lowest BCUT2D eigenvalue weighted by atomic mass is 10.0. The van der Waals surface area contributed by atoms with Crippen molar-refractivity contribution in [2.24, 2.45) is 9.98 Å². The van der Waals surface area contributed by atoms with Crippen molar-refractivity contribution in [2.45, 2.75) is 70.8 Å². The third-order valence-electron chi connectivity index (χ3n) is 2.99. The lowest BCUT2D eigenvalue weighted by molar-refractivity contribution is 0.518. The first kappa shape index (κ1) is 16.8. The fourth-order valence-corrected chi connectivity index (χ4v) is 1.93. The normalized spacial score (nSPS) is 11.4. The van der Waals surface area contributed by atoms with E-state index in [-0.39, 0.29) is 12.6 Å². The van der Waals surface area contributed by atoms with Crippen LogP contribution in [-0.4, -0.2) is 24.7 Å². The first-order chi connectivity index (χ1) is 8.85. The van der Waals surface area contributed by atoms with Crippen LogP contribution in [0.15, 0.2) is 9.98 Å². The van der Waals surface area contributed by atoms with Gasteiger partial charge in [0.2, 0.25) is 12.2 Å². The molecule has 0 heterocycles. The topological polar surface area (TPSA) is 58.9 Å². The van der Waals surface area contributed by atoms with Crippen molar-refractivity contribution in [3.8, 4) is 0 Å². The van der Waals surface area contributed by atoms with E-state index in [1.54, 1.807) is 0 Å². The lowest BCUT2D eigenvalue weighted by Gasteiger charge is -2.06. The molecule has 0 radical (unpaired) electrons. The highest BCUT2D eigenvalue weighted by molar-refractivity contribution is 5.35. The molecule has 0 N–H and O–H groups in total. The molecule has 102 valence electrons. The molecular weight excluding hydrogens is 228 g/mol. The van der Waals surface area contributed by atoms with Gasteiger partial charge in [0, 0.05) is 0 Å². The summed E-state index contributed by atoms with van der Waals surface area (Å²) in [4.78, 5) is 27.3. The molecule has 0 aromatic rings. The molecule has 0 aliphatic carbocycles. The Balaban J connectivity index is 3.48. The Morgan fingerprint density at radius 2 is 1.50 bits per heavy atom. The summed E-state index contributed by atoms with van der Waals surface area (Å²) in [5.41, 5.74) is 0. The predicted octanol–water partition coefficient (Wildman–Crippen LogP) is 3.56. The Morgan fingerprint density at radius 3 is 2.06 bits per heavy atom. The highest BCUT2D eigenvalue weighted by Gasteiger charge is 2.05. The molecule has 0 rings (SSSR count). The lowest BCUT2D eigenvalue weighted by Crippen LogP contribution is -2.08. The molecule has 0 fully saturated rings. The zero-order valence-corrected chi connectivity index (χ0v) is 11.4. The van der Waals surface area contributed by atoms with Crippen LogP contribution in [0.1, 0.15) is 64.7 Å². The van der Waals surface area contributed by atoms with Gasteiger partial charge in [0.15, 0.2) is 0 Å². The van der Waals surface area contributed by atoms with Crippen LogP contribution in [0.4, 0.5) is 0 Å². The minimum atomic E-state index is -0.191. The van der Waals surface area contributed by atoms with Crippen LogP contribution in [0, 0.1) is 0 Å². The zero-order chi connectivity index (χ0) is 13.5. The number of rotatable bonds is 12. The van der Waals surface area contributed by atoms with E-state index in [0.717, 1.165) is 19.3 Å². The van der Waals surface area contributed by atoms with Crippen molar-refractivity contribution < 1.29 is 9.59 Å². The molecule has 0 aromatic heterocycles. The van der Waals surface area contributed by atoms with Crippen molar-refractivity contribution in [1.29, 1.82) is 0 Å². The van der Waals surface area contributed by atoms with Gasteiger partial charge in [0.05, 0.1) is 12.6 Å². The highest BCUT2D eigenvalue weighted by Crippen LogP contribution is 2.11. The quantitative estimate of drug-likeness (QED) is 0.303. The fourth-order valence-electron chi connectivity index (χ4n) is 1.93. The SMILES string of the molecule is CCCCCCCCCCC(CN=C=O)N=C=O. The van der Waals surface area contributed by atoms with Gasteiger partial charge in [-0.2, -0.15) is 0 Å². The first-order valence-corrected chi connectivity index (χ1v) is 6.95. The molecule has 4 nitrogen and oxygen atoms in total. The van der Waals surface area contributed by atoms with E-state index in [2.05, 4.69) is 16.9 Å². The van der Waals surface area contributed by atoms with Crippen molar-refractivity contribution in [3.63, 3.8) is 0 Å². The predicted molar refractivity (Wildman–Crippen MR) is 72.1 cm³/mol. The Hall–Kier alpha value is -1.24. The largest absolute Gasteiger partial charge is 0.235 e. The average Bonchev–Trinajstić information content (AvgIpc) is 2.39. The number of hydrogen-bond donors (Lipinski definition) is 0. The van der Waals surface area contributed by atoms with Crippen LogP contribution in [0.25, 0.3) is 0 Å². The molecule has 0 saturated heterocycles. The summed E-state index contributed by atoms with van der Waals surface area (Å²) in [6, 6.07) is -0.191. The Kier molecular flexibility index (Phi) is 12.9. The maximum atomic E-state index is 10.2. The van der Waals surface area contributed by atoms with E-state index in [1.807, 2.05) is 0 Å². The standard InChI is InChI=1S/C14H24N2O2/c1-2-3-4-5-6-7-8-9-10-14(16-13-18)11-15-12-17/h14H,2-11H2,1H3. The molecular formula is C14H24N2O2. The molecule has 4 heteroatoms. The third-order valence-corrected chi connectivity index (χ3v) is 2.99. The van der Waals surface area contributed by atoms with Gasteiger partial charge in [-0.1, -0.05) is 58.3 Å². The Labute approximate surface area is 110 Å². The number of aliphatic imine (C=N–C) groups is 2. The highest BCUT2D eigenvalue weighted by atomic mass is 16.1. The van der Waals surface area contributed by atoms with Crippen molar-refractivity contribution in [2.75, 3.05) is 6.54 Å². The van der Waals surface area contributed by atoms with Gasteiger partial charge in [-0.3, -0.25) is 0 Å². The van der Waals surface area contributed by atoms with E-state index >= 15 is 0 Å². The molecule has 1 unspecified atom stereocenters. The summed E-state index contributed by atoms with van der Waals surface area (Å²) in [7, 11) is 0. The first-order valence-electron chi connectivity index (χ1n) is 6.95. The van der Waals surface area contributed by atoms with Crippen LogP contribution in [0.3, 0.4) is 0 Å². The van der Waals surface area contributed by atoms with Gasteiger partial charge in [0.25, 0.3) is 0 Å². The summed E-state index contributed by atoms with van der Waals surface area (Å²) < 4.78 is 0. The van der Waals surface area contributed by atoms with Crippen molar-refractivity contribution in [1.82, 2.24) is 0 Å². The Morgan fingerprint density at radius 1 is 0.889 bits per heavy atom. The minimum Gasteiger partial charge on any atom is -0.211 e. The van der Waals surface area contributed by atoms with Crippen LogP contribution in [0.5, 0.6) is 0 Å². The summed E-state index contributed by atoms with van der Waals surface area (Å²) in [5.74, 6) is 0. The van der Waals surface area contributed by atoms with Gasteiger partial charge in [-0.15, -0.1) is 0 Å². The summed E-state index contributed by atoms with van der Waals surface area (Å²) in [6.07, 6.45) is 13.8. The number of nitrogens with zero attached hydrogens (tertiary/aromatic N) is 2. The minimum absolute atomic E-state index is 0.191. The second kappa shape index (κ2) is 13.8. The van der Waals surface area contributed by atoms with E-state index in [4.69, 9.17) is 0 Å². The van der Waals surface area contributed by atoms with Crippen LogP contribution in [0.2, 0.25) is 0 Å². The van der Waals surface area contributed by atoms with Crippen molar-refractivity contribution in [3.05, 3.63) is 0 Å². The molecule has 0 spiro atoms. The van der Waals surface area contributed by atoms with E-state index in [0.29, 0.717) is 0 Å². The molecule has 18 heavy (non-hydrogen) atoms. The molecule has 0 aromatic carbocycles. The van der Waals surface area contributed by atoms with Gasteiger partial charge < -0.3 is 0 Å². The maximum absolute atomic E-state index is 10.2. The third kappa shape index (κ3) is 11.3. The molecule has 0 aliphatic heterocycles. The average molecular weight is 252 g/mol. The summed E-state index contributed by atoms with van der Waals surface area (Å²) >= 11 is 0. The molecule has 1 atom stereocenters. The summed E-state index contributed by atoms with van der Waals surface area (Å²) in [5, 5.41) is 0. The Bertz CT molecular complexity index is 280. The number of isocyanates is 2. The van der Waals surface area contributed by atoms with Crippen molar-refractivity contribution >= 4 is 12.2 Å². The van der Waals surface area contributed by atoms with Gasteiger partial charge in [-0.25, -0.2) is 19.6 Å². The maximum Gasteiger partial charge on any atom is 0.235 e. The number of carbonyl (C=O) groups excluding carboxylic acids is 2. The summed E-state index contributed by atoms with van der Waals surface area (Å²) in [6.45, 7) is 2.48. The van der Waals surface area contributed by atoms with Crippen LogP contribution in [-0.2, 0) is 9.59 Å². The second-order valence-corrected chi connectivity index (χ2v) is 4.57. The molecule has 0 amide bonds. The molecule has 0 saturated carbocycles. The molecule has 0 aliphatic rings. The van der Waals surface area contributed by atoms with Crippen LogP contribution < -0.4 is 0 Å². The fraction of sp³-hybridized carbons (Fsp3) is 0.857. The van der Waals surface area contributed by atoms with Gasteiger partial charge in [-0.05, 0) is 6.42 Å². The van der Waals surface area contributed by atoms with Gasteiger partial charge in [0.1, 0.15) is 0 Å². The number of unbranched alkanes of at least 4 members (excludes halogenated alkanes) is 7. The smallest absolute Gasteiger partial charge is 0.211 e. The second-order valence-electron chi connectivity index (χ2n) is 4.57. The van der Waals surface area contributed by atoms with E-state index in [1.165, 1.54) is 50.7 Å². The van der Waals surface area contributed by atoms with Crippen LogP contribution >= 0.6 is 0 Å². The zero-order valence-electron chi connectivity index (χ0n) is 11.4. The monoisotopic (exact) mass is 252 g/mol. The van der Waals surface area contributed by atoms with E-state index in [9.17, 15) is 9.59 Å². The van der Waals surface area contributed by atoms with Gasteiger partial charge >= 0.3 is 0 Å². The van der Waals surface area contributed by atoms with E-state index < -0.39 is 0 Å². The molecule has 0 bridgehead atoms. The number of hydrogen-bond acceptors (Lipinski definition) is 4.